The lowest BCUT2D eigenvalue weighted by molar-refractivity contribution is 0.463. The van der Waals surface area contributed by atoms with Gasteiger partial charge in [-0.25, -0.2) is 0 Å². The second-order valence-electron chi connectivity index (χ2n) is 17.7. The molecule has 0 aliphatic carbocycles. The largest absolute Gasteiger partial charge is 0.278 e. The van der Waals surface area contributed by atoms with Crippen molar-refractivity contribution in [1.82, 2.24) is 14.8 Å². The van der Waals surface area contributed by atoms with Crippen molar-refractivity contribution in [2.75, 3.05) is 0 Å². The van der Waals surface area contributed by atoms with Crippen LogP contribution in [0.4, 0.5) is 0 Å². The van der Waals surface area contributed by atoms with Crippen molar-refractivity contribution in [2.24, 2.45) is 0 Å². The summed E-state index contributed by atoms with van der Waals surface area (Å²) in [6.07, 6.45) is 0.955. The molecule has 52 heavy (non-hydrogen) atoms. The molecule has 0 atom stereocenters. The maximum absolute atomic E-state index is 4.93. The average Bonchev–Trinajstić information content (AvgIpc) is 3.57. The summed E-state index contributed by atoms with van der Waals surface area (Å²) in [5.74, 6) is 2.21. The first-order valence-corrected chi connectivity index (χ1v) is 19.0. The molecule has 0 fully saturated rings. The number of hydrogen-bond acceptors (Lipinski definition) is 2. The van der Waals surface area contributed by atoms with Gasteiger partial charge in [-0.15, -0.1) is 10.2 Å². The van der Waals surface area contributed by atoms with Gasteiger partial charge in [0.25, 0.3) is 0 Å². The fourth-order valence-electron chi connectivity index (χ4n) is 6.93. The normalized spacial score (nSPS) is 12.5. The molecule has 1 heterocycles. The van der Waals surface area contributed by atoms with Crippen molar-refractivity contribution in [3.05, 3.63) is 137 Å². The van der Waals surface area contributed by atoms with Crippen molar-refractivity contribution >= 4 is 0 Å². The summed E-state index contributed by atoms with van der Waals surface area (Å²) < 4.78 is 2.33. The Labute approximate surface area is 313 Å². The van der Waals surface area contributed by atoms with Gasteiger partial charge in [-0.1, -0.05) is 161 Å². The summed E-state index contributed by atoms with van der Waals surface area (Å²) in [5, 5.41) is 9.84. The highest BCUT2D eigenvalue weighted by Gasteiger charge is 2.29. The van der Waals surface area contributed by atoms with Crippen LogP contribution in [0.1, 0.15) is 117 Å². The van der Waals surface area contributed by atoms with Gasteiger partial charge < -0.3 is 0 Å². The number of rotatable bonds is 8. The third kappa shape index (κ3) is 7.56. The maximum atomic E-state index is 4.93. The highest BCUT2D eigenvalue weighted by atomic mass is 15.3. The molecule has 0 unspecified atom stereocenters. The summed E-state index contributed by atoms with van der Waals surface area (Å²) in [6, 6.07) is 40.9. The number of benzene rings is 5. The molecule has 0 aliphatic heterocycles. The molecular formula is C49H57N3. The Morgan fingerprint density at radius 1 is 0.538 bits per heavy atom. The zero-order valence-electron chi connectivity index (χ0n) is 33.5. The van der Waals surface area contributed by atoms with E-state index in [1.54, 1.807) is 0 Å². The van der Waals surface area contributed by atoms with E-state index in [4.69, 9.17) is 10.2 Å². The van der Waals surface area contributed by atoms with Crippen LogP contribution in [0.2, 0.25) is 0 Å². The van der Waals surface area contributed by atoms with Gasteiger partial charge in [0.05, 0.1) is 5.69 Å². The van der Waals surface area contributed by atoms with Crippen LogP contribution in [-0.2, 0) is 16.2 Å². The Bertz CT molecular complexity index is 2100. The maximum Gasteiger partial charge on any atom is 0.168 e. The average molecular weight is 688 g/mol. The number of aryl methyl sites for hydroxylation is 1. The van der Waals surface area contributed by atoms with Gasteiger partial charge in [0.2, 0.25) is 0 Å². The van der Waals surface area contributed by atoms with E-state index in [9.17, 15) is 0 Å². The van der Waals surface area contributed by atoms with E-state index in [0.717, 1.165) is 34.9 Å². The second-order valence-corrected chi connectivity index (χ2v) is 17.7. The summed E-state index contributed by atoms with van der Waals surface area (Å²) in [7, 11) is 0. The van der Waals surface area contributed by atoms with E-state index in [-0.39, 0.29) is 16.2 Å². The third-order valence-electron chi connectivity index (χ3n) is 10.8. The Morgan fingerprint density at radius 3 is 1.50 bits per heavy atom. The topological polar surface area (TPSA) is 30.7 Å². The molecule has 0 N–H and O–H groups in total. The van der Waals surface area contributed by atoms with Crippen molar-refractivity contribution in [3.8, 4) is 50.5 Å². The van der Waals surface area contributed by atoms with Gasteiger partial charge in [-0.05, 0) is 110 Å². The third-order valence-corrected chi connectivity index (χ3v) is 10.8. The molecule has 0 spiro atoms. The highest BCUT2D eigenvalue weighted by Crippen LogP contribution is 2.38. The van der Waals surface area contributed by atoms with Gasteiger partial charge in [0.1, 0.15) is 5.82 Å². The molecule has 0 amide bonds. The Morgan fingerprint density at radius 2 is 1.02 bits per heavy atom. The van der Waals surface area contributed by atoms with E-state index in [2.05, 4.69) is 197 Å². The van der Waals surface area contributed by atoms with E-state index in [1.165, 1.54) is 50.1 Å². The highest BCUT2D eigenvalue weighted by molar-refractivity contribution is 5.82. The zero-order valence-corrected chi connectivity index (χ0v) is 33.5. The first-order valence-electron chi connectivity index (χ1n) is 19.0. The summed E-state index contributed by atoms with van der Waals surface area (Å²) in [6.45, 7) is 27.1. The van der Waals surface area contributed by atoms with E-state index >= 15 is 0 Å². The molecule has 1 aromatic heterocycles. The monoisotopic (exact) mass is 687 g/mol. The van der Waals surface area contributed by atoms with Crippen molar-refractivity contribution < 1.29 is 0 Å². The first kappa shape index (κ1) is 37.0. The molecule has 268 valence electrons. The van der Waals surface area contributed by atoms with Crippen LogP contribution in [0.15, 0.2) is 109 Å². The van der Waals surface area contributed by atoms with E-state index in [1.807, 2.05) is 0 Å². The quantitative estimate of drug-likeness (QED) is 0.159. The van der Waals surface area contributed by atoms with Gasteiger partial charge >= 0.3 is 0 Å². The first-order chi connectivity index (χ1) is 24.5. The van der Waals surface area contributed by atoms with Crippen LogP contribution >= 0.6 is 0 Å². The number of nitrogens with zero attached hydrogens (tertiary/aromatic N) is 3. The molecule has 0 saturated carbocycles. The summed E-state index contributed by atoms with van der Waals surface area (Å²) >= 11 is 0. The van der Waals surface area contributed by atoms with Crippen molar-refractivity contribution in [2.45, 2.75) is 112 Å². The molecule has 0 bridgehead atoms. The lowest BCUT2D eigenvalue weighted by Gasteiger charge is -2.25. The van der Waals surface area contributed by atoms with Crippen molar-refractivity contribution in [1.29, 1.82) is 0 Å². The Kier molecular flexibility index (Phi) is 9.96. The smallest absolute Gasteiger partial charge is 0.168 e. The standard InChI is InChI=1S/C49H57N3/c1-13-49(11,12)46-51-50-45(52(46)44-26-17-33(4)27-43(44)32(2)3)37-16-14-15-36(28-37)40-30-38(34-18-22-41(23-19-34)47(5,6)7)29-39(31-40)35-20-24-42(25-21-35)48(8,9)10/h14-32H,13H2,1-12H3. The zero-order chi connectivity index (χ0) is 37.6. The number of hydrogen-bond donors (Lipinski definition) is 0. The predicted octanol–water partition coefficient (Wildman–Crippen LogP) is 13.6. The molecule has 6 aromatic rings. The molecule has 0 saturated heterocycles. The van der Waals surface area contributed by atoms with Crippen LogP contribution in [0.5, 0.6) is 0 Å². The fraction of sp³-hybridized carbons (Fsp3) is 0.347. The van der Waals surface area contributed by atoms with Crippen LogP contribution < -0.4 is 0 Å². The van der Waals surface area contributed by atoms with Crippen molar-refractivity contribution in [3.63, 3.8) is 0 Å². The minimum atomic E-state index is -0.156. The SMILES string of the molecule is CCC(C)(C)c1nnc(-c2cccc(-c3cc(-c4ccc(C(C)(C)C)cc4)cc(-c4ccc(C(C)(C)C)cc4)c3)c2)n1-c1ccc(C)cc1C(C)C. The van der Waals surface area contributed by atoms with Crippen LogP contribution in [0.25, 0.3) is 50.5 Å². The van der Waals surface area contributed by atoms with Crippen LogP contribution in [0, 0.1) is 6.92 Å². The molecular weight excluding hydrogens is 631 g/mol. The minimum absolute atomic E-state index is 0.0993. The van der Waals surface area contributed by atoms with E-state index in [0.29, 0.717) is 5.92 Å². The van der Waals surface area contributed by atoms with E-state index < -0.39 is 0 Å². The molecule has 3 heteroatoms. The van der Waals surface area contributed by atoms with Gasteiger partial charge in [0.15, 0.2) is 5.82 Å². The summed E-state index contributed by atoms with van der Waals surface area (Å²) in [5.41, 5.74) is 14.6. The minimum Gasteiger partial charge on any atom is -0.278 e. The molecule has 5 aromatic carbocycles. The van der Waals surface area contributed by atoms with Crippen LogP contribution in [0.3, 0.4) is 0 Å². The predicted molar refractivity (Wildman–Crippen MR) is 223 cm³/mol. The second kappa shape index (κ2) is 14.0. The lowest BCUT2D eigenvalue weighted by atomic mass is 9.85. The van der Waals surface area contributed by atoms with Crippen LogP contribution in [-0.4, -0.2) is 14.8 Å². The molecule has 0 radical (unpaired) electrons. The number of aromatic nitrogens is 3. The van der Waals surface area contributed by atoms with Gasteiger partial charge in [0, 0.05) is 11.0 Å². The molecule has 6 rings (SSSR count). The Hall–Kier alpha value is -4.76. The Balaban J connectivity index is 1.53. The molecule has 3 nitrogen and oxygen atoms in total. The molecule has 0 aliphatic rings. The lowest BCUT2D eigenvalue weighted by Crippen LogP contribution is -2.22. The van der Waals surface area contributed by atoms with Gasteiger partial charge in [-0.2, -0.15) is 0 Å². The summed E-state index contributed by atoms with van der Waals surface area (Å²) in [4.78, 5) is 0. The fourth-order valence-corrected chi connectivity index (χ4v) is 6.93. The van der Waals surface area contributed by atoms with Gasteiger partial charge in [-0.3, -0.25) is 4.57 Å².